The largest absolute Gasteiger partial charge is 0.327 e. The van der Waals surface area contributed by atoms with E-state index in [4.69, 9.17) is 9.97 Å². The molecule has 0 amide bonds. The number of imidazole rings is 1. The lowest BCUT2D eigenvalue weighted by Gasteiger charge is -2.44. The Morgan fingerprint density at radius 3 is 2.73 bits per heavy atom. The fourth-order valence-electron chi connectivity index (χ4n) is 6.61. The van der Waals surface area contributed by atoms with Crippen molar-refractivity contribution in [2.24, 2.45) is 5.92 Å². The summed E-state index contributed by atoms with van der Waals surface area (Å²) in [5.74, 6) is 1.97. The monoisotopic (exact) mass is 443 g/mol. The molecule has 2 aliphatic heterocycles. The molecule has 2 saturated heterocycles. The Labute approximate surface area is 197 Å². The number of nitrogens with zero attached hydrogens (tertiary/aromatic N) is 5. The molecule has 3 aliphatic rings. The highest BCUT2D eigenvalue weighted by Gasteiger charge is 2.38. The Morgan fingerprint density at radius 1 is 0.879 bits per heavy atom. The molecule has 2 unspecified atom stereocenters. The highest BCUT2D eigenvalue weighted by atomic mass is 15.2. The summed E-state index contributed by atoms with van der Waals surface area (Å²) in [6.45, 7) is 6.89. The van der Waals surface area contributed by atoms with Crippen molar-refractivity contribution in [2.75, 3.05) is 26.2 Å². The number of benzene rings is 1. The molecule has 2 aromatic heterocycles. The smallest absolute Gasteiger partial charge is 0.124 e. The molecule has 0 spiro atoms. The van der Waals surface area contributed by atoms with Gasteiger partial charge >= 0.3 is 0 Å². The second kappa shape index (κ2) is 9.55. The van der Waals surface area contributed by atoms with Crippen LogP contribution in [0.5, 0.6) is 0 Å². The Kier molecular flexibility index (Phi) is 6.17. The number of rotatable bonds is 6. The number of hydrogen-bond acceptors (Lipinski definition) is 4. The number of pyridine rings is 1. The van der Waals surface area contributed by atoms with Crippen molar-refractivity contribution in [3.05, 3.63) is 59.7 Å². The van der Waals surface area contributed by atoms with Gasteiger partial charge in [-0.05, 0) is 101 Å². The average Bonchev–Trinajstić information content (AvgIpc) is 3.21. The molecule has 3 aromatic rings. The highest BCUT2D eigenvalue weighted by Crippen LogP contribution is 2.43. The Hall–Kier alpha value is -2.24. The highest BCUT2D eigenvalue weighted by molar-refractivity contribution is 5.75. The third-order valence-corrected chi connectivity index (χ3v) is 8.23. The predicted octanol–water partition coefficient (Wildman–Crippen LogP) is 5.21. The molecule has 174 valence electrons. The van der Waals surface area contributed by atoms with Gasteiger partial charge in [-0.3, -0.25) is 9.88 Å². The minimum atomic E-state index is 0.449. The summed E-state index contributed by atoms with van der Waals surface area (Å²) in [5, 5.41) is 0. The van der Waals surface area contributed by atoms with Crippen LogP contribution in [0, 0.1) is 5.92 Å². The van der Waals surface area contributed by atoms with E-state index < -0.39 is 0 Å². The third kappa shape index (κ3) is 4.33. The van der Waals surface area contributed by atoms with E-state index in [-0.39, 0.29) is 0 Å². The molecular weight excluding hydrogens is 406 g/mol. The van der Waals surface area contributed by atoms with E-state index in [9.17, 15) is 0 Å². The molecule has 2 fully saturated rings. The number of fused-ring (bicyclic) bond motifs is 4. The molecular formula is C28H37N5. The Balaban J connectivity index is 1.25. The molecule has 0 bridgehead atoms. The number of aryl methyl sites for hydroxylation is 2. The Morgan fingerprint density at radius 2 is 1.79 bits per heavy atom. The summed E-state index contributed by atoms with van der Waals surface area (Å²) < 4.78 is 2.52. The first kappa shape index (κ1) is 21.3. The minimum absolute atomic E-state index is 0.449. The molecule has 0 radical (unpaired) electrons. The van der Waals surface area contributed by atoms with Gasteiger partial charge < -0.3 is 9.47 Å². The molecule has 2 atom stereocenters. The van der Waals surface area contributed by atoms with Gasteiger partial charge in [0.1, 0.15) is 5.82 Å². The molecule has 0 saturated carbocycles. The predicted molar refractivity (Wildman–Crippen MR) is 133 cm³/mol. The van der Waals surface area contributed by atoms with Crippen LogP contribution >= 0.6 is 0 Å². The number of piperidine rings is 2. The second-order valence-corrected chi connectivity index (χ2v) is 10.3. The maximum atomic E-state index is 5.15. The molecule has 5 heteroatoms. The second-order valence-electron chi connectivity index (χ2n) is 10.3. The van der Waals surface area contributed by atoms with E-state index >= 15 is 0 Å². The maximum Gasteiger partial charge on any atom is 0.124 e. The zero-order valence-corrected chi connectivity index (χ0v) is 19.8. The fourth-order valence-corrected chi connectivity index (χ4v) is 6.61. The normalized spacial score (nSPS) is 24.0. The van der Waals surface area contributed by atoms with Crippen LogP contribution in [0.3, 0.4) is 0 Å². The van der Waals surface area contributed by atoms with E-state index in [1.54, 1.807) is 0 Å². The molecule has 4 heterocycles. The van der Waals surface area contributed by atoms with Crippen LogP contribution in [0.15, 0.2) is 42.6 Å². The van der Waals surface area contributed by atoms with E-state index in [0.29, 0.717) is 6.04 Å². The van der Waals surface area contributed by atoms with Crippen LogP contribution < -0.4 is 0 Å². The standard InChI is InChI=1S/C28H37N5/c1-4-16-31(17-5-1)18-8-20-33-25-12-3-2-11-24(25)30-26(33)21-32-19-7-10-23-14-13-22-9-6-15-29-27(22)28(23)32/h2-3,6,9,11-12,15,23,28H,1,4-5,7-8,10,13-14,16-21H2. The van der Waals surface area contributed by atoms with Crippen molar-refractivity contribution in [1.82, 2.24) is 24.3 Å². The zero-order valence-electron chi connectivity index (χ0n) is 19.8. The van der Waals surface area contributed by atoms with Gasteiger partial charge in [0.25, 0.3) is 0 Å². The van der Waals surface area contributed by atoms with Crippen LogP contribution in [0.2, 0.25) is 0 Å². The molecule has 6 rings (SSSR count). The fraction of sp³-hybridized carbons (Fsp3) is 0.571. The third-order valence-electron chi connectivity index (χ3n) is 8.23. The Bertz CT molecular complexity index is 1080. The van der Waals surface area contributed by atoms with Crippen molar-refractivity contribution in [2.45, 2.75) is 70.5 Å². The van der Waals surface area contributed by atoms with Crippen molar-refractivity contribution in [3.8, 4) is 0 Å². The summed E-state index contributed by atoms with van der Waals surface area (Å²) in [6, 6.07) is 13.6. The van der Waals surface area contributed by atoms with Crippen LogP contribution in [0.4, 0.5) is 0 Å². The lowest BCUT2D eigenvalue weighted by molar-refractivity contribution is 0.0664. The van der Waals surface area contributed by atoms with E-state index in [1.807, 2.05) is 6.20 Å². The van der Waals surface area contributed by atoms with E-state index in [2.05, 4.69) is 50.8 Å². The van der Waals surface area contributed by atoms with Crippen molar-refractivity contribution >= 4 is 11.0 Å². The minimum Gasteiger partial charge on any atom is -0.327 e. The number of aromatic nitrogens is 3. The van der Waals surface area contributed by atoms with Crippen LogP contribution in [-0.4, -0.2) is 50.5 Å². The van der Waals surface area contributed by atoms with Gasteiger partial charge in [-0.15, -0.1) is 0 Å². The van der Waals surface area contributed by atoms with Gasteiger partial charge in [-0.2, -0.15) is 0 Å². The van der Waals surface area contributed by atoms with E-state index in [1.165, 1.54) is 93.6 Å². The zero-order chi connectivity index (χ0) is 22.0. The van der Waals surface area contributed by atoms with Gasteiger partial charge in [0, 0.05) is 12.7 Å². The molecule has 1 aliphatic carbocycles. The summed E-state index contributed by atoms with van der Waals surface area (Å²) in [7, 11) is 0. The lowest BCUT2D eigenvalue weighted by atomic mass is 9.77. The van der Waals surface area contributed by atoms with Crippen LogP contribution in [0.25, 0.3) is 11.0 Å². The number of para-hydroxylation sites is 2. The van der Waals surface area contributed by atoms with Crippen molar-refractivity contribution in [1.29, 1.82) is 0 Å². The summed E-state index contributed by atoms with van der Waals surface area (Å²) in [6.07, 6.45) is 12.4. The average molecular weight is 444 g/mol. The molecule has 5 nitrogen and oxygen atoms in total. The van der Waals surface area contributed by atoms with Gasteiger partial charge in [0.2, 0.25) is 0 Å². The topological polar surface area (TPSA) is 37.2 Å². The van der Waals surface area contributed by atoms with Gasteiger partial charge in [-0.25, -0.2) is 4.98 Å². The van der Waals surface area contributed by atoms with Crippen LogP contribution in [0.1, 0.15) is 68.1 Å². The molecule has 0 N–H and O–H groups in total. The summed E-state index contributed by atoms with van der Waals surface area (Å²) in [5.41, 5.74) is 5.23. The van der Waals surface area contributed by atoms with Gasteiger partial charge in [0.05, 0.1) is 29.3 Å². The van der Waals surface area contributed by atoms with Crippen molar-refractivity contribution < 1.29 is 0 Å². The SMILES string of the molecule is c1cnc2c(c1)CCC1CCCN(Cc3nc4ccccc4n3CCCN3CCCCC3)C21. The quantitative estimate of drug-likeness (QED) is 0.524. The molecule has 33 heavy (non-hydrogen) atoms. The van der Waals surface area contributed by atoms with Gasteiger partial charge in [-0.1, -0.05) is 24.6 Å². The number of likely N-dealkylation sites (tertiary alicyclic amines) is 2. The lowest BCUT2D eigenvalue weighted by Crippen LogP contribution is -2.42. The first-order valence-electron chi connectivity index (χ1n) is 13.2. The summed E-state index contributed by atoms with van der Waals surface area (Å²) in [4.78, 5) is 15.4. The number of hydrogen-bond donors (Lipinski definition) is 0. The van der Waals surface area contributed by atoms with E-state index in [0.717, 1.165) is 31.1 Å². The van der Waals surface area contributed by atoms with Gasteiger partial charge in [0.15, 0.2) is 0 Å². The first-order chi connectivity index (χ1) is 16.4. The first-order valence-corrected chi connectivity index (χ1v) is 13.2. The summed E-state index contributed by atoms with van der Waals surface area (Å²) >= 11 is 0. The van der Waals surface area contributed by atoms with Crippen LogP contribution in [-0.2, 0) is 19.5 Å². The molecule has 1 aromatic carbocycles. The van der Waals surface area contributed by atoms with Crippen molar-refractivity contribution in [3.63, 3.8) is 0 Å². The maximum absolute atomic E-state index is 5.15.